The van der Waals surface area contributed by atoms with Crippen molar-refractivity contribution in [3.8, 4) is 0 Å². The van der Waals surface area contributed by atoms with E-state index in [4.69, 9.17) is 19.9 Å². The molecular formula is C18H31NO8. The molecule has 0 aliphatic carbocycles. The Bertz CT molecular complexity index is 522. The van der Waals surface area contributed by atoms with Gasteiger partial charge in [0.25, 0.3) is 0 Å². The third-order valence-corrected chi connectivity index (χ3v) is 3.44. The molecule has 0 radical (unpaired) electrons. The minimum Gasteiger partial charge on any atom is -0.466 e. The van der Waals surface area contributed by atoms with Crippen molar-refractivity contribution in [3.05, 3.63) is 0 Å². The fourth-order valence-electron chi connectivity index (χ4n) is 1.81. The second-order valence-corrected chi connectivity index (χ2v) is 7.45. The van der Waals surface area contributed by atoms with Crippen molar-refractivity contribution in [2.45, 2.75) is 77.4 Å². The van der Waals surface area contributed by atoms with E-state index in [2.05, 4.69) is 0 Å². The Hall–Kier alpha value is -2.16. The predicted molar refractivity (Wildman–Crippen MR) is 95.3 cm³/mol. The second-order valence-electron chi connectivity index (χ2n) is 7.45. The minimum atomic E-state index is -0.924. The Morgan fingerprint density at radius 2 is 1.22 bits per heavy atom. The van der Waals surface area contributed by atoms with Gasteiger partial charge in [0.2, 0.25) is 5.91 Å². The molecule has 156 valence electrons. The van der Waals surface area contributed by atoms with E-state index in [-0.39, 0.29) is 45.3 Å². The Balaban J connectivity index is 4.01. The van der Waals surface area contributed by atoms with Gasteiger partial charge in [-0.3, -0.25) is 19.2 Å². The standard InChI is InChI=1S/C18H31NO8/c1-17(2,24)9-11-25-15(22)7-8-16(23)27-18(3,4)10-12-26-14(21)6-5-13(19)20/h24H,5-12H2,1-4H3,(H2,19,20). The Kier molecular flexibility index (Phi) is 10.6. The van der Waals surface area contributed by atoms with E-state index in [9.17, 15) is 24.3 Å². The maximum absolute atomic E-state index is 11.8. The molecule has 0 heterocycles. The first kappa shape index (κ1) is 24.8. The van der Waals surface area contributed by atoms with Crippen LogP contribution in [-0.2, 0) is 33.4 Å². The number of aliphatic hydroxyl groups is 1. The summed E-state index contributed by atoms with van der Waals surface area (Å²) in [5, 5.41) is 9.52. The number of primary amides is 1. The van der Waals surface area contributed by atoms with Crippen LogP contribution in [0.3, 0.4) is 0 Å². The minimum absolute atomic E-state index is 0.0247. The molecule has 1 amide bonds. The monoisotopic (exact) mass is 389 g/mol. The number of amides is 1. The van der Waals surface area contributed by atoms with E-state index < -0.39 is 35.0 Å². The van der Waals surface area contributed by atoms with Crippen LogP contribution in [-0.4, -0.2) is 53.3 Å². The molecule has 0 atom stereocenters. The van der Waals surface area contributed by atoms with E-state index in [0.717, 1.165) is 0 Å². The molecule has 0 aliphatic heterocycles. The molecule has 0 saturated carbocycles. The highest BCUT2D eigenvalue weighted by atomic mass is 16.6. The predicted octanol–water partition coefficient (Wildman–Crippen LogP) is 0.991. The number of rotatable bonds is 13. The van der Waals surface area contributed by atoms with E-state index in [1.165, 1.54) is 0 Å². The molecule has 0 bridgehead atoms. The van der Waals surface area contributed by atoms with Gasteiger partial charge in [0.1, 0.15) is 5.60 Å². The number of carbonyl (C=O) groups excluding carboxylic acids is 4. The lowest BCUT2D eigenvalue weighted by molar-refractivity contribution is -0.162. The number of carbonyl (C=O) groups is 4. The molecule has 3 N–H and O–H groups in total. The van der Waals surface area contributed by atoms with Gasteiger partial charge in [-0.05, 0) is 27.7 Å². The molecule has 9 heteroatoms. The average molecular weight is 389 g/mol. The van der Waals surface area contributed by atoms with Crippen LogP contribution < -0.4 is 5.73 Å². The molecule has 0 aromatic carbocycles. The summed E-state index contributed by atoms with van der Waals surface area (Å²) in [6, 6.07) is 0. The van der Waals surface area contributed by atoms with Gasteiger partial charge in [0, 0.05) is 19.3 Å². The van der Waals surface area contributed by atoms with Crippen molar-refractivity contribution in [3.63, 3.8) is 0 Å². The van der Waals surface area contributed by atoms with Crippen LogP contribution in [0.4, 0.5) is 0 Å². The number of esters is 3. The molecule has 0 spiro atoms. The normalized spacial score (nSPS) is 11.6. The summed E-state index contributed by atoms with van der Waals surface area (Å²) in [6.07, 6.45) is 0.131. The number of hydrogen-bond acceptors (Lipinski definition) is 8. The lowest BCUT2D eigenvalue weighted by Gasteiger charge is -2.25. The third kappa shape index (κ3) is 15.8. The molecule has 0 saturated heterocycles. The van der Waals surface area contributed by atoms with Crippen LogP contribution in [0, 0.1) is 0 Å². The molecule has 0 aliphatic rings. The van der Waals surface area contributed by atoms with Crippen LogP contribution >= 0.6 is 0 Å². The Morgan fingerprint density at radius 3 is 1.70 bits per heavy atom. The summed E-state index contributed by atoms with van der Waals surface area (Å²) in [5.74, 6) is -2.25. The van der Waals surface area contributed by atoms with Gasteiger partial charge < -0.3 is 25.1 Å². The van der Waals surface area contributed by atoms with Crippen molar-refractivity contribution in [1.82, 2.24) is 0 Å². The van der Waals surface area contributed by atoms with Crippen molar-refractivity contribution < 1.29 is 38.5 Å². The maximum atomic E-state index is 11.8. The SMILES string of the molecule is CC(C)(O)CCOC(=O)CCC(=O)OC(C)(C)CCOC(=O)CCC(N)=O. The summed E-state index contributed by atoms with van der Waals surface area (Å²) >= 11 is 0. The van der Waals surface area contributed by atoms with Gasteiger partial charge in [-0.2, -0.15) is 0 Å². The van der Waals surface area contributed by atoms with E-state index in [1.807, 2.05) is 0 Å². The fraction of sp³-hybridized carbons (Fsp3) is 0.778. The molecule has 27 heavy (non-hydrogen) atoms. The second kappa shape index (κ2) is 11.5. The van der Waals surface area contributed by atoms with Crippen molar-refractivity contribution >= 4 is 23.8 Å². The van der Waals surface area contributed by atoms with Crippen LogP contribution in [0.5, 0.6) is 0 Å². The average Bonchev–Trinajstić information content (AvgIpc) is 2.49. The summed E-state index contributed by atoms with van der Waals surface area (Å²) in [7, 11) is 0. The number of nitrogens with two attached hydrogens (primary N) is 1. The first-order chi connectivity index (χ1) is 12.3. The molecular weight excluding hydrogens is 358 g/mol. The van der Waals surface area contributed by atoms with Gasteiger partial charge in [0.05, 0.1) is 38.1 Å². The zero-order valence-electron chi connectivity index (χ0n) is 16.5. The van der Waals surface area contributed by atoms with Crippen LogP contribution in [0.1, 0.15) is 66.2 Å². The van der Waals surface area contributed by atoms with E-state index in [0.29, 0.717) is 6.42 Å². The highest BCUT2D eigenvalue weighted by molar-refractivity contribution is 5.80. The summed E-state index contributed by atoms with van der Waals surface area (Å²) < 4.78 is 15.2. The van der Waals surface area contributed by atoms with Crippen molar-refractivity contribution in [2.75, 3.05) is 13.2 Å². The van der Waals surface area contributed by atoms with Crippen LogP contribution in [0.25, 0.3) is 0 Å². The van der Waals surface area contributed by atoms with Crippen molar-refractivity contribution in [2.24, 2.45) is 5.73 Å². The van der Waals surface area contributed by atoms with E-state index in [1.54, 1.807) is 27.7 Å². The third-order valence-electron chi connectivity index (χ3n) is 3.44. The Labute approximate surface area is 159 Å². The lowest BCUT2D eigenvalue weighted by atomic mass is 10.1. The summed E-state index contributed by atoms with van der Waals surface area (Å²) in [5.41, 5.74) is 3.13. The zero-order valence-corrected chi connectivity index (χ0v) is 16.5. The highest BCUT2D eigenvalue weighted by Crippen LogP contribution is 2.16. The van der Waals surface area contributed by atoms with Gasteiger partial charge in [-0.15, -0.1) is 0 Å². The van der Waals surface area contributed by atoms with Crippen molar-refractivity contribution in [1.29, 1.82) is 0 Å². The van der Waals surface area contributed by atoms with Gasteiger partial charge >= 0.3 is 17.9 Å². The molecule has 0 aromatic heterocycles. The smallest absolute Gasteiger partial charge is 0.306 e. The van der Waals surface area contributed by atoms with Gasteiger partial charge in [-0.25, -0.2) is 0 Å². The highest BCUT2D eigenvalue weighted by Gasteiger charge is 2.24. The quantitative estimate of drug-likeness (QED) is 0.351. The van der Waals surface area contributed by atoms with Gasteiger partial charge in [0.15, 0.2) is 0 Å². The first-order valence-corrected chi connectivity index (χ1v) is 8.84. The summed E-state index contributed by atoms with van der Waals surface area (Å²) in [6.45, 7) is 6.62. The first-order valence-electron chi connectivity index (χ1n) is 8.84. The maximum Gasteiger partial charge on any atom is 0.306 e. The van der Waals surface area contributed by atoms with Gasteiger partial charge in [-0.1, -0.05) is 0 Å². The van der Waals surface area contributed by atoms with E-state index >= 15 is 0 Å². The fourth-order valence-corrected chi connectivity index (χ4v) is 1.81. The summed E-state index contributed by atoms with van der Waals surface area (Å²) in [4.78, 5) is 45.4. The van der Waals surface area contributed by atoms with Crippen LogP contribution in [0.2, 0.25) is 0 Å². The molecule has 9 nitrogen and oxygen atoms in total. The Morgan fingerprint density at radius 1 is 0.778 bits per heavy atom. The topological polar surface area (TPSA) is 142 Å². The molecule has 0 rings (SSSR count). The lowest BCUT2D eigenvalue weighted by Crippen LogP contribution is -2.30. The van der Waals surface area contributed by atoms with Crippen LogP contribution in [0.15, 0.2) is 0 Å². The largest absolute Gasteiger partial charge is 0.466 e. The number of hydrogen-bond donors (Lipinski definition) is 2. The molecule has 0 aromatic rings. The molecule has 0 fully saturated rings. The number of ether oxygens (including phenoxy) is 3. The zero-order chi connectivity index (χ0) is 21.1. The molecule has 0 unspecified atom stereocenters.